The molecule has 0 radical (unpaired) electrons. The third-order valence-corrected chi connectivity index (χ3v) is 7.74. The van der Waals surface area contributed by atoms with Gasteiger partial charge in [0.05, 0.1) is 23.6 Å². The highest BCUT2D eigenvalue weighted by Gasteiger charge is 2.32. The van der Waals surface area contributed by atoms with E-state index in [1.807, 2.05) is 4.90 Å². The number of carbonyl (C=O) groups excluding carboxylic acids is 1. The first-order valence-corrected chi connectivity index (χ1v) is 12.3. The smallest absolute Gasteiger partial charge is 0.219 e. The van der Waals surface area contributed by atoms with Gasteiger partial charge in [-0.2, -0.15) is 0 Å². The zero-order valence-electron chi connectivity index (χ0n) is 19.2. The molecule has 1 amide bonds. The van der Waals surface area contributed by atoms with Crippen LogP contribution in [0, 0.1) is 6.92 Å². The Morgan fingerprint density at radius 1 is 1.15 bits per heavy atom. The van der Waals surface area contributed by atoms with E-state index in [2.05, 4.69) is 81.2 Å². The Morgan fingerprint density at radius 3 is 2.85 bits per heavy atom. The Morgan fingerprint density at radius 2 is 2.00 bits per heavy atom. The topological polar surface area (TPSA) is 61.4 Å². The van der Waals surface area contributed by atoms with E-state index in [0.29, 0.717) is 6.04 Å². The molecule has 1 N–H and O–H groups in total. The van der Waals surface area contributed by atoms with Crippen LogP contribution in [0.2, 0.25) is 0 Å². The van der Waals surface area contributed by atoms with Gasteiger partial charge in [0.1, 0.15) is 0 Å². The van der Waals surface area contributed by atoms with E-state index in [9.17, 15) is 4.79 Å². The Hall–Kier alpha value is -3.71. The minimum atomic E-state index is 0.145. The van der Waals surface area contributed by atoms with Crippen LogP contribution in [0.4, 0.5) is 5.69 Å². The largest absolute Gasteiger partial charge is 0.365 e. The molecule has 170 valence electrons. The lowest BCUT2D eigenvalue weighted by Crippen LogP contribution is -2.59. The lowest BCUT2D eigenvalue weighted by atomic mass is 10.0. The number of nitrogens with zero attached hydrogens (tertiary/aromatic N) is 4. The zero-order valence-corrected chi connectivity index (χ0v) is 20.0. The van der Waals surface area contributed by atoms with Crippen LogP contribution < -0.4 is 5.32 Å². The number of allylic oxidation sites excluding steroid dienone is 2. The normalized spacial score (nSPS) is 16.1. The van der Waals surface area contributed by atoms with Crippen molar-refractivity contribution in [2.24, 2.45) is 0 Å². The fraction of sp³-hybridized carbons (Fsp3) is 0.222. The quantitative estimate of drug-likeness (QED) is 0.448. The van der Waals surface area contributed by atoms with E-state index in [0.717, 1.165) is 53.2 Å². The number of hydrogen-bond acceptors (Lipinski definition) is 6. The van der Waals surface area contributed by atoms with Gasteiger partial charge in [-0.1, -0.05) is 6.07 Å². The van der Waals surface area contributed by atoms with Gasteiger partial charge in [0, 0.05) is 54.1 Å². The third-order valence-electron chi connectivity index (χ3n) is 6.66. The fourth-order valence-corrected chi connectivity index (χ4v) is 5.63. The van der Waals surface area contributed by atoms with Crippen LogP contribution >= 0.6 is 11.3 Å². The maximum absolute atomic E-state index is 11.5. The van der Waals surface area contributed by atoms with Crippen LogP contribution in [0.3, 0.4) is 0 Å². The Bertz CT molecular complexity index is 1480. The predicted octanol–water partition coefficient (Wildman–Crippen LogP) is 5.18. The van der Waals surface area contributed by atoms with Crippen LogP contribution in [-0.4, -0.2) is 51.4 Å². The molecule has 1 saturated heterocycles. The number of nitrogens with one attached hydrogen (secondary N) is 1. The van der Waals surface area contributed by atoms with Crippen LogP contribution in [0.25, 0.3) is 32.2 Å². The highest BCUT2D eigenvalue weighted by Crippen LogP contribution is 2.35. The Balaban J connectivity index is 1.30. The number of rotatable bonds is 4. The fourth-order valence-electron chi connectivity index (χ4n) is 4.70. The molecule has 0 unspecified atom stereocenters. The van der Waals surface area contributed by atoms with Gasteiger partial charge in [-0.15, -0.1) is 11.3 Å². The van der Waals surface area contributed by atoms with Crippen molar-refractivity contribution < 1.29 is 4.79 Å². The summed E-state index contributed by atoms with van der Waals surface area (Å²) >= 11 is 1.78. The number of aromatic nitrogens is 2. The first-order valence-electron chi connectivity index (χ1n) is 11.4. The molecule has 34 heavy (non-hydrogen) atoms. The average molecular weight is 468 g/mol. The molecule has 0 bridgehead atoms. The molecular weight excluding hydrogens is 442 g/mol. The van der Waals surface area contributed by atoms with Crippen molar-refractivity contribution in [3.8, 4) is 11.1 Å². The summed E-state index contributed by atoms with van der Waals surface area (Å²) in [6.45, 7) is 6.14. The summed E-state index contributed by atoms with van der Waals surface area (Å²) in [5.41, 5.74) is 7.38. The van der Waals surface area contributed by atoms with Gasteiger partial charge in [-0.3, -0.25) is 14.8 Å². The van der Waals surface area contributed by atoms with Gasteiger partial charge in [-0.25, -0.2) is 0 Å². The summed E-state index contributed by atoms with van der Waals surface area (Å²) in [4.78, 5) is 25.0. The molecule has 0 aliphatic carbocycles. The average Bonchev–Trinajstić information content (AvgIpc) is 3.18. The second-order valence-corrected chi connectivity index (χ2v) is 9.90. The van der Waals surface area contributed by atoms with Crippen LogP contribution in [-0.2, 0) is 4.79 Å². The van der Waals surface area contributed by atoms with E-state index in [-0.39, 0.29) is 5.91 Å². The standard InChI is InChI=1S/C27H25N5OS/c1-17-16-34-26-6-5-19(10-23(17)26)24-11-21(12-25-27(24)29-8-7-28-25)30-20-4-3-9-31(13-20)22-14-32(15-22)18(2)33/h3-12,16,22,30H,13-15H2,1-2H3. The molecule has 4 heterocycles. The molecule has 6 nitrogen and oxygen atoms in total. The minimum absolute atomic E-state index is 0.145. The predicted molar refractivity (Wildman–Crippen MR) is 139 cm³/mol. The number of fused-ring (bicyclic) bond motifs is 2. The molecule has 4 aromatic rings. The molecule has 1 fully saturated rings. The van der Waals surface area contributed by atoms with Gasteiger partial charge < -0.3 is 15.1 Å². The van der Waals surface area contributed by atoms with E-state index in [4.69, 9.17) is 0 Å². The Kier molecular flexibility index (Phi) is 5.07. The lowest BCUT2D eigenvalue weighted by molar-refractivity contribution is -0.135. The van der Waals surface area contributed by atoms with Crippen molar-refractivity contribution in [3.63, 3.8) is 0 Å². The van der Waals surface area contributed by atoms with Crippen LogP contribution in [0.15, 0.2) is 72.2 Å². The van der Waals surface area contributed by atoms with Crippen LogP contribution in [0.5, 0.6) is 0 Å². The number of hydrogen-bond donors (Lipinski definition) is 1. The highest BCUT2D eigenvalue weighted by molar-refractivity contribution is 7.17. The number of amides is 1. The summed E-state index contributed by atoms with van der Waals surface area (Å²) in [6.07, 6.45) is 9.78. The third kappa shape index (κ3) is 3.72. The van der Waals surface area contributed by atoms with Crippen molar-refractivity contribution in [3.05, 3.63) is 77.7 Å². The number of thiophene rings is 1. The zero-order chi connectivity index (χ0) is 23.2. The molecule has 2 aromatic carbocycles. The van der Waals surface area contributed by atoms with E-state index >= 15 is 0 Å². The number of anilines is 1. The lowest BCUT2D eigenvalue weighted by Gasteiger charge is -2.45. The number of likely N-dealkylation sites (tertiary alicyclic amines) is 1. The monoisotopic (exact) mass is 467 g/mol. The summed E-state index contributed by atoms with van der Waals surface area (Å²) < 4.78 is 1.30. The summed E-state index contributed by atoms with van der Waals surface area (Å²) in [6, 6.07) is 11.2. The number of carbonyl (C=O) groups is 1. The number of benzene rings is 2. The SMILES string of the molecule is CC(=O)N1CC(N2C=CC=C(Nc3cc(-c4ccc5scc(C)c5c4)c4nccnc4c3)C2)C1. The van der Waals surface area contributed by atoms with Gasteiger partial charge in [0.15, 0.2) is 0 Å². The molecule has 0 atom stereocenters. The van der Waals surface area contributed by atoms with Crippen molar-refractivity contribution >= 4 is 44.1 Å². The van der Waals surface area contributed by atoms with Gasteiger partial charge in [0.2, 0.25) is 5.91 Å². The van der Waals surface area contributed by atoms with Crippen molar-refractivity contribution in [1.29, 1.82) is 0 Å². The maximum Gasteiger partial charge on any atom is 0.219 e. The molecule has 6 rings (SSSR count). The second-order valence-electron chi connectivity index (χ2n) is 8.99. The summed E-state index contributed by atoms with van der Waals surface area (Å²) in [7, 11) is 0. The summed E-state index contributed by atoms with van der Waals surface area (Å²) in [5, 5.41) is 7.11. The molecular formula is C27H25N5OS. The van der Waals surface area contributed by atoms with E-state index in [1.165, 1.54) is 15.6 Å². The molecule has 2 aromatic heterocycles. The molecule has 2 aliphatic rings. The molecule has 0 spiro atoms. The second kappa shape index (κ2) is 8.25. The molecule has 0 saturated carbocycles. The highest BCUT2D eigenvalue weighted by atomic mass is 32.1. The van der Waals surface area contributed by atoms with Gasteiger partial charge in [-0.05, 0) is 71.4 Å². The van der Waals surface area contributed by atoms with Crippen molar-refractivity contribution in [2.45, 2.75) is 19.9 Å². The Labute approximate surface area is 202 Å². The molecule has 7 heteroatoms. The molecule has 2 aliphatic heterocycles. The first-order chi connectivity index (χ1) is 16.5. The van der Waals surface area contributed by atoms with Crippen LogP contribution in [0.1, 0.15) is 12.5 Å². The van der Waals surface area contributed by atoms with Gasteiger partial charge >= 0.3 is 0 Å². The van der Waals surface area contributed by atoms with Crippen molar-refractivity contribution in [1.82, 2.24) is 19.8 Å². The summed E-state index contributed by atoms with van der Waals surface area (Å²) in [5.74, 6) is 0.145. The van der Waals surface area contributed by atoms with Crippen molar-refractivity contribution in [2.75, 3.05) is 25.0 Å². The van der Waals surface area contributed by atoms with Gasteiger partial charge in [0.25, 0.3) is 0 Å². The minimum Gasteiger partial charge on any atom is -0.365 e. The van der Waals surface area contributed by atoms with E-state index < -0.39 is 0 Å². The number of aryl methyl sites for hydroxylation is 1. The first kappa shape index (κ1) is 20.9. The van der Waals surface area contributed by atoms with E-state index in [1.54, 1.807) is 30.7 Å². The maximum atomic E-state index is 11.5.